The number of hydrogen-bond acceptors (Lipinski definition) is 3. The van der Waals surface area contributed by atoms with Crippen molar-refractivity contribution in [3.05, 3.63) is 65.2 Å². The molecule has 108 valence electrons. The third kappa shape index (κ3) is 3.33. The number of pyridine rings is 1. The molecule has 2 aromatic rings. The van der Waals surface area contributed by atoms with Crippen LogP contribution in [0.4, 0.5) is 4.39 Å². The number of carboxylic acids is 1. The summed E-state index contributed by atoms with van der Waals surface area (Å²) in [5.74, 6) is -2.39. The third-order valence-electron chi connectivity index (χ3n) is 2.78. The standard InChI is InChI=1S/C14H11FN2O4/c15-10-6-4-9(5-7-10)8-16-13(18)11-2-1-3-12(14(19)20)17(11)21/h1-7H,8H2,(H2-,16,18,19,20,21)/p+1. The van der Waals surface area contributed by atoms with Crippen LogP contribution in [0, 0.1) is 5.82 Å². The van der Waals surface area contributed by atoms with Crippen molar-refractivity contribution in [2.75, 3.05) is 0 Å². The quantitative estimate of drug-likeness (QED) is 0.578. The highest BCUT2D eigenvalue weighted by Crippen LogP contribution is 2.03. The minimum atomic E-state index is -1.36. The van der Waals surface area contributed by atoms with Gasteiger partial charge in [0.2, 0.25) is 0 Å². The first kappa shape index (κ1) is 14.4. The number of carboxylic acid groups (broad SMARTS) is 1. The average Bonchev–Trinajstić information content (AvgIpc) is 2.46. The third-order valence-corrected chi connectivity index (χ3v) is 2.78. The molecule has 0 saturated heterocycles. The van der Waals surface area contributed by atoms with E-state index >= 15 is 0 Å². The summed E-state index contributed by atoms with van der Waals surface area (Å²) < 4.78 is 13.1. The molecule has 0 fully saturated rings. The molecule has 1 aromatic heterocycles. The number of halogens is 1. The second-order valence-electron chi connectivity index (χ2n) is 4.22. The molecule has 0 bridgehead atoms. The van der Waals surface area contributed by atoms with Crippen molar-refractivity contribution in [2.45, 2.75) is 6.54 Å². The van der Waals surface area contributed by atoms with Crippen LogP contribution in [0.2, 0.25) is 0 Å². The van der Waals surface area contributed by atoms with Gasteiger partial charge in [0.15, 0.2) is 0 Å². The van der Waals surface area contributed by atoms with Crippen molar-refractivity contribution in [3.8, 4) is 0 Å². The molecule has 0 spiro atoms. The Labute approximate surface area is 119 Å². The van der Waals surface area contributed by atoms with Gasteiger partial charge in [0.1, 0.15) is 5.82 Å². The van der Waals surface area contributed by atoms with Crippen molar-refractivity contribution in [1.82, 2.24) is 5.32 Å². The second-order valence-corrected chi connectivity index (χ2v) is 4.22. The number of benzene rings is 1. The first-order chi connectivity index (χ1) is 9.99. The molecule has 0 radical (unpaired) electrons. The summed E-state index contributed by atoms with van der Waals surface area (Å²) in [6.07, 6.45) is 0. The van der Waals surface area contributed by atoms with Gasteiger partial charge in [-0.25, -0.2) is 9.18 Å². The Hall–Kier alpha value is -2.96. The predicted octanol–water partition coefficient (Wildman–Crippen LogP) is 0.979. The van der Waals surface area contributed by atoms with Crippen molar-refractivity contribution < 1.29 is 29.0 Å². The number of carbonyl (C=O) groups is 2. The Morgan fingerprint density at radius 1 is 1.10 bits per heavy atom. The number of hydrogen-bond donors (Lipinski definition) is 3. The molecular formula is C14H12FN2O4+. The van der Waals surface area contributed by atoms with E-state index in [0.717, 1.165) is 0 Å². The highest BCUT2D eigenvalue weighted by Gasteiger charge is 2.27. The summed E-state index contributed by atoms with van der Waals surface area (Å²) in [7, 11) is 0. The van der Waals surface area contributed by atoms with Crippen LogP contribution in [0.1, 0.15) is 26.5 Å². The van der Waals surface area contributed by atoms with Crippen molar-refractivity contribution >= 4 is 11.9 Å². The minimum absolute atomic E-state index is 0.121. The lowest BCUT2D eigenvalue weighted by molar-refractivity contribution is -0.907. The Balaban J connectivity index is 2.12. The lowest BCUT2D eigenvalue weighted by Crippen LogP contribution is -2.46. The van der Waals surface area contributed by atoms with Gasteiger partial charge < -0.3 is 10.4 Å². The fraction of sp³-hybridized carbons (Fsp3) is 0.0714. The van der Waals surface area contributed by atoms with Crippen molar-refractivity contribution in [2.24, 2.45) is 0 Å². The first-order valence-electron chi connectivity index (χ1n) is 5.99. The summed E-state index contributed by atoms with van der Waals surface area (Å²) in [5.41, 5.74) is 0.0325. The Bertz CT molecular complexity index is 686. The molecular weight excluding hydrogens is 279 g/mol. The zero-order valence-electron chi connectivity index (χ0n) is 10.8. The molecule has 6 nitrogen and oxygen atoms in total. The van der Waals surface area contributed by atoms with E-state index in [1.807, 2.05) is 0 Å². The maximum absolute atomic E-state index is 12.7. The van der Waals surface area contributed by atoms with Gasteiger partial charge in [-0.3, -0.25) is 10.0 Å². The Kier molecular flexibility index (Phi) is 4.13. The number of nitrogens with one attached hydrogen (secondary N) is 1. The number of nitrogens with zero attached hydrogens (tertiary/aromatic N) is 1. The van der Waals surface area contributed by atoms with E-state index in [2.05, 4.69) is 5.32 Å². The van der Waals surface area contributed by atoms with Gasteiger partial charge in [0.25, 0.3) is 0 Å². The van der Waals surface area contributed by atoms with E-state index in [-0.39, 0.29) is 18.1 Å². The molecule has 0 aliphatic heterocycles. The van der Waals surface area contributed by atoms with Gasteiger partial charge in [-0.05, 0) is 23.8 Å². The summed E-state index contributed by atoms with van der Waals surface area (Å²) >= 11 is 0. The number of aromatic nitrogens is 1. The van der Waals surface area contributed by atoms with Crippen molar-refractivity contribution in [3.63, 3.8) is 0 Å². The summed E-state index contributed by atoms with van der Waals surface area (Å²) in [6, 6.07) is 9.35. The van der Waals surface area contributed by atoms with Crippen LogP contribution >= 0.6 is 0 Å². The van der Waals surface area contributed by atoms with E-state index < -0.39 is 17.6 Å². The van der Waals surface area contributed by atoms with Gasteiger partial charge in [-0.2, -0.15) is 0 Å². The van der Waals surface area contributed by atoms with Crippen LogP contribution in [-0.4, -0.2) is 22.2 Å². The Morgan fingerprint density at radius 2 is 1.71 bits per heavy atom. The topological polar surface area (TPSA) is 90.5 Å². The molecule has 2 rings (SSSR count). The molecule has 1 aromatic carbocycles. The molecule has 0 atom stereocenters. The van der Waals surface area contributed by atoms with Crippen LogP contribution in [0.25, 0.3) is 0 Å². The van der Waals surface area contributed by atoms with Crippen molar-refractivity contribution in [1.29, 1.82) is 0 Å². The van der Waals surface area contributed by atoms with E-state index in [1.54, 1.807) is 0 Å². The molecule has 0 saturated carbocycles. The summed E-state index contributed by atoms with van der Waals surface area (Å²) in [4.78, 5) is 22.8. The largest absolute Gasteiger partial charge is 0.473 e. The normalized spacial score (nSPS) is 10.1. The molecule has 21 heavy (non-hydrogen) atoms. The monoisotopic (exact) mass is 291 g/mol. The maximum Gasteiger partial charge on any atom is 0.406 e. The molecule has 1 amide bonds. The Morgan fingerprint density at radius 3 is 2.33 bits per heavy atom. The van der Waals surface area contributed by atoms with E-state index in [0.29, 0.717) is 10.3 Å². The maximum atomic E-state index is 12.7. The van der Waals surface area contributed by atoms with Crippen LogP contribution in [-0.2, 0) is 6.54 Å². The fourth-order valence-electron chi connectivity index (χ4n) is 1.71. The number of amides is 1. The van der Waals surface area contributed by atoms with Crippen LogP contribution in [0.3, 0.4) is 0 Å². The molecule has 1 heterocycles. The van der Waals surface area contributed by atoms with Gasteiger partial charge in [0, 0.05) is 23.4 Å². The van der Waals surface area contributed by atoms with Crippen LogP contribution in [0.15, 0.2) is 42.5 Å². The minimum Gasteiger partial charge on any atom is -0.473 e. The van der Waals surface area contributed by atoms with Gasteiger partial charge in [0.05, 0.1) is 0 Å². The second kappa shape index (κ2) is 6.00. The van der Waals surface area contributed by atoms with E-state index in [9.17, 15) is 19.2 Å². The fourth-order valence-corrected chi connectivity index (χ4v) is 1.71. The zero-order valence-corrected chi connectivity index (χ0v) is 10.8. The van der Waals surface area contributed by atoms with Gasteiger partial charge >= 0.3 is 23.3 Å². The lowest BCUT2D eigenvalue weighted by Gasteiger charge is -2.03. The van der Waals surface area contributed by atoms with Gasteiger partial charge in [-0.15, -0.1) is 0 Å². The predicted molar refractivity (Wildman–Crippen MR) is 68.4 cm³/mol. The number of aromatic carboxylic acids is 1. The van der Waals surface area contributed by atoms with Crippen LogP contribution < -0.4 is 10.0 Å². The molecule has 7 heteroatoms. The average molecular weight is 291 g/mol. The zero-order chi connectivity index (χ0) is 15.4. The first-order valence-corrected chi connectivity index (χ1v) is 5.99. The molecule has 3 N–H and O–H groups in total. The highest BCUT2D eigenvalue weighted by molar-refractivity contribution is 5.91. The molecule has 0 aliphatic rings. The van der Waals surface area contributed by atoms with E-state index in [1.165, 1.54) is 42.5 Å². The van der Waals surface area contributed by atoms with Gasteiger partial charge in [-0.1, -0.05) is 12.1 Å². The number of carbonyl (C=O) groups excluding carboxylic acids is 1. The van der Waals surface area contributed by atoms with E-state index in [4.69, 9.17) is 5.11 Å². The molecule has 0 unspecified atom stereocenters. The summed E-state index contributed by atoms with van der Waals surface area (Å²) in [5, 5.41) is 21.1. The molecule has 0 aliphatic carbocycles. The van der Waals surface area contributed by atoms with Crippen LogP contribution in [0.5, 0.6) is 0 Å². The lowest BCUT2D eigenvalue weighted by atomic mass is 10.2. The number of rotatable bonds is 4. The summed E-state index contributed by atoms with van der Waals surface area (Å²) in [6.45, 7) is 0.121. The highest BCUT2D eigenvalue weighted by atomic mass is 19.1. The SMILES string of the molecule is O=C(O)c1cccc(C(=O)NCc2ccc(F)cc2)[n+]1O. The smallest absolute Gasteiger partial charge is 0.406 e.